The van der Waals surface area contributed by atoms with Crippen molar-refractivity contribution in [1.29, 1.82) is 0 Å². The van der Waals surface area contributed by atoms with Crippen LogP contribution in [0.2, 0.25) is 5.02 Å². The van der Waals surface area contributed by atoms with Gasteiger partial charge in [-0.05, 0) is 68.8 Å². The Kier molecular flexibility index (Phi) is 7.22. The van der Waals surface area contributed by atoms with Gasteiger partial charge in [-0.15, -0.1) is 11.3 Å². The summed E-state index contributed by atoms with van der Waals surface area (Å²) in [6.45, 7) is 1.27. The molecule has 8 nitrogen and oxygen atoms in total. The molecule has 6 heterocycles. The lowest BCUT2D eigenvalue weighted by Gasteiger charge is -2.37. The zero-order valence-corrected chi connectivity index (χ0v) is 26.2. The molecule has 1 unspecified atom stereocenters. The van der Waals surface area contributed by atoms with E-state index in [-0.39, 0.29) is 72.9 Å². The number of ether oxygens (including phenoxy) is 1. The predicted octanol–water partition coefficient (Wildman–Crippen LogP) is 6.68. The van der Waals surface area contributed by atoms with Crippen LogP contribution >= 0.6 is 22.9 Å². The number of piperidine rings is 1. The topological polar surface area (TPSA) is 96.6 Å². The molecule has 8 rings (SSSR count). The number of aromatic nitrogens is 2. The van der Waals surface area contributed by atoms with Crippen molar-refractivity contribution in [3.63, 3.8) is 0 Å². The van der Waals surface area contributed by atoms with Gasteiger partial charge in [-0.1, -0.05) is 11.6 Å². The van der Waals surface area contributed by atoms with E-state index in [0.717, 1.165) is 56.0 Å². The van der Waals surface area contributed by atoms with Crippen molar-refractivity contribution < 1.29 is 27.1 Å². The van der Waals surface area contributed by atoms with Crippen molar-refractivity contribution in [3.05, 3.63) is 40.7 Å². The van der Waals surface area contributed by atoms with Crippen LogP contribution in [0, 0.1) is 17.5 Å². The number of carbonyl (C=O) groups excluding carboxylic acids is 1. The Morgan fingerprint density at radius 3 is 2.67 bits per heavy atom. The minimum absolute atomic E-state index is 0.0417. The molecule has 0 aliphatic carbocycles. The second-order valence-corrected chi connectivity index (χ2v) is 14.5. The normalized spacial score (nSPS) is 27.5. The molecule has 242 valence electrons. The van der Waals surface area contributed by atoms with Crippen molar-refractivity contribution in [2.45, 2.75) is 74.8 Å². The van der Waals surface area contributed by atoms with Gasteiger partial charge in [0.1, 0.15) is 24.1 Å². The molecule has 4 fully saturated rings. The van der Waals surface area contributed by atoms with Crippen molar-refractivity contribution in [1.82, 2.24) is 19.8 Å². The van der Waals surface area contributed by atoms with E-state index in [4.69, 9.17) is 22.1 Å². The minimum Gasteiger partial charge on any atom is -0.461 e. The molecule has 3 N–H and O–H groups in total. The maximum atomic E-state index is 16.8. The highest BCUT2D eigenvalue weighted by molar-refractivity contribution is 7.22. The number of nitrogens with one attached hydrogen (secondary N) is 1. The van der Waals surface area contributed by atoms with Gasteiger partial charge < -0.3 is 20.7 Å². The van der Waals surface area contributed by atoms with Gasteiger partial charge in [-0.3, -0.25) is 9.69 Å². The third kappa shape index (κ3) is 4.76. The number of nitrogens with two attached hydrogens (primary N) is 1. The van der Waals surface area contributed by atoms with Crippen LogP contribution in [0.3, 0.4) is 0 Å². The van der Waals surface area contributed by atoms with Gasteiger partial charge in [0, 0.05) is 47.4 Å². The summed E-state index contributed by atoms with van der Waals surface area (Å²) in [4.78, 5) is 24.8. The Hall–Kier alpha value is -3.42. The van der Waals surface area contributed by atoms with Crippen LogP contribution in [0.5, 0.6) is 6.01 Å². The number of carbonyl (C=O) groups is 1. The van der Waals surface area contributed by atoms with Gasteiger partial charge in [0.15, 0.2) is 17.5 Å². The molecule has 0 radical (unpaired) electrons. The van der Waals surface area contributed by atoms with Crippen molar-refractivity contribution in [2.75, 3.05) is 30.7 Å². The average Bonchev–Trinajstić information content (AvgIpc) is 3.74. The fourth-order valence-corrected chi connectivity index (χ4v) is 9.47. The first-order valence-electron chi connectivity index (χ1n) is 15.5. The second-order valence-electron chi connectivity index (χ2n) is 13.0. The predicted molar refractivity (Wildman–Crippen MR) is 170 cm³/mol. The zero-order chi connectivity index (χ0) is 31.9. The molecule has 4 saturated heterocycles. The number of hydrogen-bond donors (Lipinski definition) is 2. The number of rotatable bonds is 7. The molecule has 2 bridgehead atoms. The van der Waals surface area contributed by atoms with E-state index in [1.807, 2.05) is 4.90 Å². The SMILES string of the molecule is Nc1cc2c(-c3c(Cl)cc4c(NC5C[C@H]6CC[C@@H](C5)N6C=O)nc(OC[C@@]56CCCN5C[C@H](F)C6)nc4c3F)cc(F)c(F)c2s1. The number of anilines is 2. The summed E-state index contributed by atoms with van der Waals surface area (Å²) < 4.78 is 66.8. The summed E-state index contributed by atoms with van der Waals surface area (Å²) in [6, 6.07) is 3.94. The number of thiophene rings is 1. The molecule has 5 atom stereocenters. The summed E-state index contributed by atoms with van der Waals surface area (Å²) in [7, 11) is 0. The molecule has 2 aromatic heterocycles. The second kappa shape index (κ2) is 11.1. The van der Waals surface area contributed by atoms with Crippen LogP contribution in [0.25, 0.3) is 32.1 Å². The first-order valence-corrected chi connectivity index (χ1v) is 16.7. The molecule has 4 aromatic rings. The van der Waals surface area contributed by atoms with Crippen LogP contribution < -0.4 is 15.8 Å². The Morgan fingerprint density at radius 1 is 1.13 bits per heavy atom. The Labute approximate surface area is 270 Å². The smallest absolute Gasteiger partial charge is 0.319 e. The average molecular weight is 675 g/mol. The van der Waals surface area contributed by atoms with Gasteiger partial charge in [-0.25, -0.2) is 17.6 Å². The van der Waals surface area contributed by atoms with Crippen molar-refractivity contribution in [2.24, 2.45) is 0 Å². The third-order valence-electron chi connectivity index (χ3n) is 10.3. The highest BCUT2D eigenvalue weighted by Gasteiger charge is 2.49. The van der Waals surface area contributed by atoms with Crippen LogP contribution in [0.1, 0.15) is 44.9 Å². The molecule has 4 aliphatic heterocycles. The highest BCUT2D eigenvalue weighted by Crippen LogP contribution is 2.45. The van der Waals surface area contributed by atoms with Crippen LogP contribution in [0.15, 0.2) is 18.2 Å². The number of hydrogen-bond acceptors (Lipinski definition) is 8. The molecular weight excluding hydrogens is 644 g/mol. The fourth-order valence-electron chi connectivity index (χ4n) is 8.30. The Balaban J connectivity index is 1.23. The monoisotopic (exact) mass is 674 g/mol. The van der Waals surface area contributed by atoms with Gasteiger partial charge in [-0.2, -0.15) is 9.97 Å². The number of fused-ring (bicyclic) bond motifs is 5. The molecule has 14 heteroatoms. The number of benzene rings is 2. The first kappa shape index (κ1) is 29.9. The van der Waals surface area contributed by atoms with E-state index in [0.29, 0.717) is 31.6 Å². The standard InChI is InChI=1S/C32H31ClF4N6O2S/c33-22-8-21-28(27(37)25(22)19-9-23(35)26(36)29-20(19)10-24(38)46-29)40-31(45-13-32-4-1-5-42(32)12-15(34)11-32)41-30(21)39-16-6-17-2-3-18(7-16)43(17)14-44/h8-10,14-18H,1-7,11-13,38H2,(H,39,40,41)/t15-,16?,17-,18+,32+/m1/s1. The quantitative estimate of drug-likeness (QED) is 0.167. The summed E-state index contributed by atoms with van der Waals surface area (Å²) >= 11 is 7.59. The molecule has 4 aliphatic rings. The molecule has 0 saturated carbocycles. The molecule has 1 amide bonds. The molecule has 2 aromatic carbocycles. The van der Waals surface area contributed by atoms with Crippen molar-refractivity contribution in [3.8, 4) is 17.1 Å². The Morgan fingerprint density at radius 2 is 1.91 bits per heavy atom. The number of halogens is 5. The van der Waals surface area contributed by atoms with Gasteiger partial charge >= 0.3 is 6.01 Å². The highest BCUT2D eigenvalue weighted by atomic mass is 35.5. The molecule has 0 spiro atoms. The summed E-state index contributed by atoms with van der Waals surface area (Å²) in [6.07, 6.45) is 5.20. The van der Waals surface area contributed by atoms with E-state index < -0.39 is 29.2 Å². The minimum atomic E-state index is -1.16. The van der Waals surface area contributed by atoms with Gasteiger partial charge in [0.2, 0.25) is 6.41 Å². The summed E-state index contributed by atoms with van der Waals surface area (Å²) in [5.41, 5.74) is 5.23. The number of nitrogens with zero attached hydrogens (tertiary/aromatic N) is 4. The van der Waals surface area contributed by atoms with E-state index in [2.05, 4.69) is 20.2 Å². The third-order valence-corrected chi connectivity index (χ3v) is 11.6. The van der Waals surface area contributed by atoms with Gasteiger partial charge in [0.25, 0.3) is 0 Å². The maximum absolute atomic E-state index is 16.8. The first-order chi connectivity index (χ1) is 22.1. The van der Waals surface area contributed by atoms with Crippen LogP contribution in [0.4, 0.5) is 28.4 Å². The summed E-state index contributed by atoms with van der Waals surface area (Å²) in [5, 5.41) is 4.17. The van der Waals surface area contributed by atoms with Crippen molar-refractivity contribution >= 4 is 61.2 Å². The van der Waals surface area contributed by atoms with E-state index in [1.165, 1.54) is 12.1 Å². The lowest BCUT2D eigenvalue weighted by atomic mass is 9.95. The fraction of sp³-hybridized carbons (Fsp3) is 0.469. The number of alkyl halides is 1. The van der Waals surface area contributed by atoms with Crippen LogP contribution in [-0.2, 0) is 4.79 Å². The Bertz CT molecular complexity index is 1880. The molecular formula is C32H31ClF4N6O2S. The zero-order valence-electron chi connectivity index (χ0n) is 24.7. The molecule has 46 heavy (non-hydrogen) atoms. The van der Waals surface area contributed by atoms with E-state index in [9.17, 15) is 18.0 Å². The largest absolute Gasteiger partial charge is 0.461 e. The van der Waals surface area contributed by atoms with Gasteiger partial charge in [0.05, 0.1) is 20.3 Å². The van der Waals surface area contributed by atoms with E-state index >= 15 is 4.39 Å². The lowest BCUT2D eigenvalue weighted by Crippen LogP contribution is -2.46. The number of nitrogen functional groups attached to an aromatic ring is 1. The maximum Gasteiger partial charge on any atom is 0.319 e. The number of amides is 1. The van der Waals surface area contributed by atoms with E-state index in [1.54, 1.807) is 0 Å². The summed E-state index contributed by atoms with van der Waals surface area (Å²) in [5.74, 6) is -2.77. The van der Waals surface area contributed by atoms with Crippen LogP contribution in [-0.4, -0.2) is 75.7 Å². The lowest BCUT2D eigenvalue weighted by molar-refractivity contribution is -0.122.